The lowest BCUT2D eigenvalue weighted by molar-refractivity contribution is 0.769. The van der Waals surface area contributed by atoms with Crippen LogP contribution in [-0.4, -0.2) is 19.9 Å². The standard InChI is InChI=1S/C47H30N4S/c1-5-15-31(16-6-1)43-49-44(32-17-7-2-8-18-32)51-45(50-43)33-26-28-41-42(30-33)52-46(48-41)34-25-27-38-37-23-13-14-24-39(37)47(40(38)29-34,35-19-9-3-10-20-35)36-21-11-4-12-22-36/h1-30H. The van der Waals surface area contributed by atoms with Gasteiger partial charge >= 0.3 is 0 Å². The van der Waals surface area contributed by atoms with Crippen molar-refractivity contribution in [3.05, 3.63) is 204 Å². The molecule has 0 saturated heterocycles. The minimum Gasteiger partial charge on any atom is -0.236 e. The van der Waals surface area contributed by atoms with Gasteiger partial charge in [0.25, 0.3) is 0 Å². The summed E-state index contributed by atoms with van der Waals surface area (Å²) in [7, 11) is 0. The smallest absolute Gasteiger partial charge is 0.164 e. The summed E-state index contributed by atoms with van der Waals surface area (Å²) in [5.74, 6) is 1.93. The first-order chi connectivity index (χ1) is 25.8. The Kier molecular flexibility index (Phi) is 7.18. The van der Waals surface area contributed by atoms with Crippen LogP contribution in [0.5, 0.6) is 0 Å². The fourth-order valence-corrected chi connectivity index (χ4v) is 8.70. The van der Waals surface area contributed by atoms with Gasteiger partial charge in [0.1, 0.15) is 5.01 Å². The van der Waals surface area contributed by atoms with Crippen LogP contribution in [0.4, 0.5) is 0 Å². The molecule has 4 nitrogen and oxygen atoms in total. The molecule has 1 aliphatic rings. The van der Waals surface area contributed by atoms with E-state index in [2.05, 4.69) is 121 Å². The van der Waals surface area contributed by atoms with Crippen molar-refractivity contribution in [1.82, 2.24) is 19.9 Å². The first kappa shape index (κ1) is 30.3. The van der Waals surface area contributed by atoms with Gasteiger partial charge in [-0.3, -0.25) is 0 Å². The number of nitrogens with zero attached hydrogens (tertiary/aromatic N) is 4. The van der Waals surface area contributed by atoms with Crippen molar-refractivity contribution in [2.75, 3.05) is 0 Å². The number of thiazole rings is 1. The van der Waals surface area contributed by atoms with E-state index < -0.39 is 5.41 Å². The minimum absolute atomic E-state index is 0.458. The van der Waals surface area contributed by atoms with E-state index in [9.17, 15) is 0 Å². The number of aromatic nitrogens is 4. The Labute approximate surface area is 305 Å². The summed E-state index contributed by atoms with van der Waals surface area (Å²) in [6.45, 7) is 0. The Morgan fingerprint density at radius 3 is 1.48 bits per heavy atom. The van der Waals surface area contributed by atoms with Crippen molar-refractivity contribution in [1.29, 1.82) is 0 Å². The number of fused-ring (bicyclic) bond motifs is 4. The van der Waals surface area contributed by atoms with Gasteiger partial charge in [-0.2, -0.15) is 0 Å². The monoisotopic (exact) mass is 682 g/mol. The molecule has 0 aliphatic heterocycles. The predicted molar refractivity (Wildman–Crippen MR) is 212 cm³/mol. The van der Waals surface area contributed by atoms with Crippen LogP contribution < -0.4 is 0 Å². The van der Waals surface area contributed by atoms with Gasteiger partial charge in [0.05, 0.1) is 15.6 Å². The lowest BCUT2D eigenvalue weighted by Gasteiger charge is -2.34. The highest BCUT2D eigenvalue weighted by Crippen LogP contribution is 2.56. The van der Waals surface area contributed by atoms with Crippen LogP contribution in [0.15, 0.2) is 182 Å². The third kappa shape index (κ3) is 4.89. The third-order valence-electron chi connectivity index (χ3n) is 10.1. The average Bonchev–Trinajstić information content (AvgIpc) is 3.79. The van der Waals surface area contributed by atoms with E-state index in [0.717, 1.165) is 37.5 Å². The second-order valence-corrected chi connectivity index (χ2v) is 14.1. The highest BCUT2D eigenvalue weighted by atomic mass is 32.1. The third-order valence-corrected chi connectivity index (χ3v) is 11.1. The zero-order valence-corrected chi connectivity index (χ0v) is 28.8. The summed E-state index contributed by atoms with van der Waals surface area (Å²) >= 11 is 1.70. The highest BCUT2D eigenvalue weighted by Gasteiger charge is 2.46. The number of benzene rings is 7. The maximum absolute atomic E-state index is 5.18. The lowest BCUT2D eigenvalue weighted by atomic mass is 9.67. The van der Waals surface area contributed by atoms with E-state index in [1.54, 1.807) is 11.3 Å². The van der Waals surface area contributed by atoms with Gasteiger partial charge in [-0.25, -0.2) is 19.9 Å². The maximum atomic E-state index is 5.18. The lowest BCUT2D eigenvalue weighted by Crippen LogP contribution is -2.28. The maximum Gasteiger partial charge on any atom is 0.164 e. The molecule has 5 heteroatoms. The van der Waals surface area contributed by atoms with Crippen molar-refractivity contribution < 1.29 is 0 Å². The van der Waals surface area contributed by atoms with E-state index in [-0.39, 0.29) is 0 Å². The largest absolute Gasteiger partial charge is 0.236 e. The molecule has 0 spiro atoms. The topological polar surface area (TPSA) is 51.6 Å². The molecule has 10 rings (SSSR count). The summed E-state index contributed by atoms with van der Waals surface area (Å²) in [4.78, 5) is 20.0. The molecule has 0 atom stereocenters. The van der Waals surface area contributed by atoms with Crippen molar-refractivity contribution in [2.45, 2.75) is 5.41 Å². The van der Waals surface area contributed by atoms with Crippen LogP contribution in [0.1, 0.15) is 22.3 Å². The molecule has 0 N–H and O–H groups in total. The fourth-order valence-electron chi connectivity index (χ4n) is 7.70. The molecule has 0 saturated carbocycles. The van der Waals surface area contributed by atoms with Crippen molar-refractivity contribution in [3.8, 4) is 55.9 Å². The fraction of sp³-hybridized carbons (Fsp3) is 0.0213. The van der Waals surface area contributed by atoms with Crippen LogP contribution in [0.25, 0.3) is 66.1 Å². The quantitative estimate of drug-likeness (QED) is 0.175. The van der Waals surface area contributed by atoms with E-state index >= 15 is 0 Å². The zero-order valence-electron chi connectivity index (χ0n) is 28.0. The molecule has 1 aliphatic carbocycles. The van der Waals surface area contributed by atoms with E-state index in [4.69, 9.17) is 19.9 Å². The minimum atomic E-state index is -0.458. The molecule has 0 radical (unpaired) electrons. The Morgan fingerprint density at radius 2 is 0.865 bits per heavy atom. The van der Waals surface area contributed by atoms with Gasteiger partial charge in [0.15, 0.2) is 17.5 Å². The number of hydrogen-bond acceptors (Lipinski definition) is 5. The average molecular weight is 683 g/mol. The van der Waals surface area contributed by atoms with E-state index in [1.165, 1.54) is 33.4 Å². The summed E-state index contributed by atoms with van der Waals surface area (Å²) in [5, 5.41) is 0.978. The molecule has 7 aromatic carbocycles. The van der Waals surface area contributed by atoms with Crippen molar-refractivity contribution >= 4 is 21.6 Å². The van der Waals surface area contributed by atoms with Crippen molar-refractivity contribution in [2.24, 2.45) is 0 Å². The predicted octanol–water partition coefficient (Wildman–Crippen LogP) is 11.5. The Bertz CT molecular complexity index is 2630. The molecule has 2 heterocycles. The summed E-state index contributed by atoms with van der Waals surface area (Å²) in [5.41, 5.74) is 12.0. The van der Waals surface area contributed by atoms with Crippen LogP contribution >= 0.6 is 11.3 Å². The van der Waals surface area contributed by atoms with Gasteiger partial charge in [-0.05, 0) is 57.6 Å². The normalized spacial score (nSPS) is 12.8. The van der Waals surface area contributed by atoms with Crippen molar-refractivity contribution in [3.63, 3.8) is 0 Å². The Morgan fingerprint density at radius 1 is 0.365 bits per heavy atom. The van der Waals surface area contributed by atoms with Gasteiger partial charge in [-0.1, -0.05) is 158 Å². The Hall–Kier alpha value is -6.56. The highest BCUT2D eigenvalue weighted by molar-refractivity contribution is 7.21. The van der Waals surface area contributed by atoms with Gasteiger partial charge in [0, 0.05) is 22.3 Å². The molecular weight excluding hydrogens is 653 g/mol. The molecular formula is C47H30N4S. The summed E-state index contributed by atoms with van der Waals surface area (Å²) < 4.78 is 1.08. The summed E-state index contributed by atoms with van der Waals surface area (Å²) in [6, 6.07) is 64.1. The zero-order chi connectivity index (χ0) is 34.5. The van der Waals surface area contributed by atoms with Gasteiger partial charge in [-0.15, -0.1) is 11.3 Å². The molecule has 244 valence electrons. The molecule has 2 aromatic heterocycles. The molecule has 52 heavy (non-hydrogen) atoms. The van der Waals surface area contributed by atoms with Crippen LogP contribution in [0.2, 0.25) is 0 Å². The first-order valence-corrected chi connectivity index (χ1v) is 18.2. The molecule has 0 unspecified atom stereocenters. The molecule has 0 amide bonds. The second-order valence-electron chi connectivity index (χ2n) is 13.0. The van der Waals surface area contributed by atoms with Crippen LogP contribution in [0, 0.1) is 0 Å². The molecule has 9 aromatic rings. The van der Waals surface area contributed by atoms with Crippen LogP contribution in [-0.2, 0) is 5.41 Å². The second kappa shape index (κ2) is 12.3. The summed E-state index contributed by atoms with van der Waals surface area (Å²) in [6.07, 6.45) is 0. The Balaban J connectivity index is 1.11. The SMILES string of the molecule is c1ccc(-c2nc(-c3ccccc3)nc(-c3ccc4nc(-c5ccc6c(c5)C(c5ccccc5)(c5ccccc5)c5ccccc5-6)sc4c3)n2)cc1. The van der Waals surface area contributed by atoms with Gasteiger partial charge in [0.2, 0.25) is 0 Å². The molecule has 0 fully saturated rings. The van der Waals surface area contributed by atoms with Gasteiger partial charge < -0.3 is 0 Å². The number of rotatable bonds is 6. The van der Waals surface area contributed by atoms with Crippen LogP contribution in [0.3, 0.4) is 0 Å². The number of hydrogen-bond donors (Lipinski definition) is 0. The first-order valence-electron chi connectivity index (χ1n) is 17.4. The van der Waals surface area contributed by atoms with E-state index in [0.29, 0.717) is 17.5 Å². The molecule has 0 bridgehead atoms. The van der Waals surface area contributed by atoms with E-state index in [1.807, 2.05) is 60.7 Å².